The van der Waals surface area contributed by atoms with E-state index >= 15 is 0 Å². The lowest BCUT2D eigenvalue weighted by Gasteiger charge is -2.11. The second kappa shape index (κ2) is 9.54. The number of aromatic nitrogens is 1. The first-order valence-corrected chi connectivity index (χ1v) is 11.6. The monoisotopic (exact) mass is 491 g/mol. The van der Waals surface area contributed by atoms with Gasteiger partial charge in [0.15, 0.2) is 11.5 Å². The molecule has 1 aromatic heterocycles. The Labute approximate surface area is 204 Å². The molecule has 0 spiro atoms. The molecule has 5 rings (SSSR count). The van der Waals surface area contributed by atoms with E-state index in [-0.39, 0.29) is 25.0 Å². The van der Waals surface area contributed by atoms with Crippen LogP contribution < -0.4 is 20.1 Å². The molecular formula is C25H18ClN3O4S. The Balaban J connectivity index is 1.26. The van der Waals surface area contributed by atoms with E-state index in [1.807, 2.05) is 23.6 Å². The summed E-state index contributed by atoms with van der Waals surface area (Å²) in [6, 6.07) is 19.4. The van der Waals surface area contributed by atoms with Gasteiger partial charge in [0.2, 0.25) is 12.7 Å². The third kappa shape index (κ3) is 4.88. The number of nitrogens with one attached hydrogen (secondary N) is 2. The molecule has 2 N–H and O–H groups in total. The number of anilines is 2. The summed E-state index contributed by atoms with van der Waals surface area (Å²) in [6.45, 7) is 0.154. The highest BCUT2D eigenvalue weighted by molar-refractivity contribution is 7.13. The molecule has 1 aliphatic rings. The lowest BCUT2D eigenvalue weighted by molar-refractivity contribution is -0.115. The van der Waals surface area contributed by atoms with E-state index in [0.717, 1.165) is 10.6 Å². The van der Waals surface area contributed by atoms with Crippen LogP contribution in [-0.2, 0) is 11.2 Å². The molecule has 9 heteroatoms. The number of para-hydroxylation sites is 1. The van der Waals surface area contributed by atoms with Gasteiger partial charge in [0.25, 0.3) is 5.91 Å². The van der Waals surface area contributed by atoms with Crippen molar-refractivity contribution in [2.24, 2.45) is 0 Å². The van der Waals surface area contributed by atoms with Gasteiger partial charge in [-0.1, -0.05) is 35.9 Å². The summed E-state index contributed by atoms with van der Waals surface area (Å²) < 4.78 is 10.6. The average Bonchev–Trinajstić information content (AvgIpc) is 3.48. The molecule has 0 unspecified atom stereocenters. The standard InChI is InChI=1S/C25H18ClN3O4S/c26-16-5-3-4-15(10-16)25-28-18(13-34-25)12-23(30)29-20-7-2-1-6-19(20)24(31)27-17-8-9-21-22(11-17)33-14-32-21/h1-11,13H,12,14H2,(H,27,31)(H,29,30). The summed E-state index contributed by atoms with van der Waals surface area (Å²) in [5.74, 6) is 0.573. The summed E-state index contributed by atoms with van der Waals surface area (Å²) in [6.07, 6.45) is 0.0786. The van der Waals surface area contributed by atoms with Crippen LogP contribution in [0.25, 0.3) is 10.6 Å². The lowest BCUT2D eigenvalue weighted by Crippen LogP contribution is -2.19. The fourth-order valence-electron chi connectivity index (χ4n) is 3.46. The zero-order chi connectivity index (χ0) is 23.5. The van der Waals surface area contributed by atoms with Crippen molar-refractivity contribution in [3.63, 3.8) is 0 Å². The summed E-state index contributed by atoms with van der Waals surface area (Å²) in [7, 11) is 0. The molecule has 0 aliphatic carbocycles. The number of halogens is 1. The number of hydrogen-bond donors (Lipinski definition) is 2. The molecule has 1 aliphatic heterocycles. The zero-order valence-corrected chi connectivity index (χ0v) is 19.3. The normalized spacial score (nSPS) is 11.8. The van der Waals surface area contributed by atoms with Gasteiger partial charge in [-0.2, -0.15) is 0 Å². The predicted octanol–water partition coefficient (Wildman–Crippen LogP) is 5.63. The van der Waals surface area contributed by atoms with Crippen LogP contribution in [0.2, 0.25) is 5.02 Å². The lowest BCUT2D eigenvalue weighted by atomic mass is 10.1. The van der Waals surface area contributed by atoms with E-state index in [1.54, 1.807) is 48.5 Å². The summed E-state index contributed by atoms with van der Waals surface area (Å²) in [4.78, 5) is 30.2. The highest BCUT2D eigenvalue weighted by Crippen LogP contribution is 2.34. The van der Waals surface area contributed by atoms with Gasteiger partial charge in [0, 0.05) is 27.7 Å². The molecule has 2 heterocycles. The van der Waals surface area contributed by atoms with Gasteiger partial charge >= 0.3 is 0 Å². The Morgan fingerprint density at radius 1 is 0.971 bits per heavy atom. The number of carbonyl (C=O) groups is 2. The third-order valence-electron chi connectivity index (χ3n) is 5.04. The van der Waals surface area contributed by atoms with Crippen LogP contribution >= 0.6 is 22.9 Å². The molecule has 0 radical (unpaired) electrons. The zero-order valence-electron chi connectivity index (χ0n) is 17.7. The Morgan fingerprint density at radius 2 is 1.82 bits per heavy atom. The van der Waals surface area contributed by atoms with Crippen LogP contribution in [0.3, 0.4) is 0 Å². The third-order valence-corrected chi connectivity index (χ3v) is 6.22. The van der Waals surface area contributed by atoms with E-state index in [4.69, 9.17) is 21.1 Å². The van der Waals surface area contributed by atoms with E-state index in [1.165, 1.54) is 11.3 Å². The number of benzene rings is 3. The second-order valence-corrected chi connectivity index (χ2v) is 8.74. The van der Waals surface area contributed by atoms with Crippen LogP contribution in [-0.4, -0.2) is 23.6 Å². The Kier molecular flexibility index (Phi) is 6.16. The number of nitrogens with zero attached hydrogens (tertiary/aromatic N) is 1. The molecule has 7 nitrogen and oxygen atoms in total. The molecular weight excluding hydrogens is 474 g/mol. The van der Waals surface area contributed by atoms with Crippen LogP contribution in [0.5, 0.6) is 11.5 Å². The summed E-state index contributed by atoms with van der Waals surface area (Å²) in [5, 5.41) is 8.91. The SMILES string of the molecule is O=C(Cc1csc(-c2cccc(Cl)c2)n1)Nc1ccccc1C(=O)Nc1ccc2c(c1)OCO2. The molecule has 0 saturated carbocycles. The Hall–Kier alpha value is -3.88. The van der Waals surface area contributed by atoms with Gasteiger partial charge in [0.1, 0.15) is 5.01 Å². The van der Waals surface area contributed by atoms with Gasteiger partial charge in [-0.05, 0) is 36.4 Å². The van der Waals surface area contributed by atoms with E-state index in [9.17, 15) is 9.59 Å². The van der Waals surface area contributed by atoms with Gasteiger partial charge in [-0.25, -0.2) is 4.98 Å². The number of fused-ring (bicyclic) bond motifs is 1. The molecule has 34 heavy (non-hydrogen) atoms. The number of rotatable bonds is 6. The van der Waals surface area contributed by atoms with Crippen molar-refractivity contribution < 1.29 is 19.1 Å². The molecule has 0 saturated heterocycles. The minimum absolute atomic E-state index is 0.0786. The Morgan fingerprint density at radius 3 is 2.71 bits per heavy atom. The van der Waals surface area contributed by atoms with Crippen molar-refractivity contribution in [1.82, 2.24) is 4.98 Å². The highest BCUT2D eigenvalue weighted by atomic mass is 35.5. The van der Waals surface area contributed by atoms with Crippen molar-refractivity contribution in [2.75, 3.05) is 17.4 Å². The Bertz CT molecular complexity index is 1390. The summed E-state index contributed by atoms with van der Waals surface area (Å²) >= 11 is 7.50. The average molecular weight is 492 g/mol. The predicted molar refractivity (Wildman–Crippen MR) is 132 cm³/mol. The quantitative estimate of drug-likeness (QED) is 0.365. The van der Waals surface area contributed by atoms with Crippen molar-refractivity contribution in [3.8, 4) is 22.1 Å². The van der Waals surface area contributed by atoms with Crippen molar-refractivity contribution in [3.05, 3.63) is 88.4 Å². The van der Waals surface area contributed by atoms with E-state index in [0.29, 0.717) is 39.2 Å². The summed E-state index contributed by atoms with van der Waals surface area (Å²) in [5.41, 5.74) is 2.85. The van der Waals surface area contributed by atoms with Crippen LogP contribution in [0.1, 0.15) is 16.1 Å². The van der Waals surface area contributed by atoms with E-state index < -0.39 is 0 Å². The van der Waals surface area contributed by atoms with Gasteiger partial charge in [0.05, 0.1) is 23.4 Å². The number of amides is 2. The van der Waals surface area contributed by atoms with Gasteiger partial charge < -0.3 is 20.1 Å². The van der Waals surface area contributed by atoms with Crippen molar-refractivity contribution in [2.45, 2.75) is 6.42 Å². The molecule has 0 bridgehead atoms. The van der Waals surface area contributed by atoms with Gasteiger partial charge in [-0.3, -0.25) is 9.59 Å². The van der Waals surface area contributed by atoms with Gasteiger partial charge in [-0.15, -0.1) is 11.3 Å². The fraction of sp³-hybridized carbons (Fsp3) is 0.0800. The maximum atomic E-state index is 12.9. The van der Waals surface area contributed by atoms with E-state index in [2.05, 4.69) is 15.6 Å². The first kappa shape index (κ1) is 21.9. The van der Waals surface area contributed by atoms with Crippen LogP contribution in [0.15, 0.2) is 72.1 Å². The molecule has 3 aromatic carbocycles. The maximum absolute atomic E-state index is 12.9. The number of hydrogen-bond acceptors (Lipinski definition) is 6. The van der Waals surface area contributed by atoms with Crippen molar-refractivity contribution >= 4 is 46.1 Å². The van der Waals surface area contributed by atoms with Crippen LogP contribution in [0.4, 0.5) is 11.4 Å². The highest BCUT2D eigenvalue weighted by Gasteiger charge is 2.17. The molecule has 0 fully saturated rings. The first-order chi connectivity index (χ1) is 16.5. The van der Waals surface area contributed by atoms with Crippen LogP contribution in [0, 0.1) is 0 Å². The number of ether oxygens (including phenoxy) is 2. The molecule has 170 valence electrons. The molecule has 2 amide bonds. The minimum Gasteiger partial charge on any atom is -0.454 e. The largest absolute Gasteiger partial charge is 0.454 e. The first-order valence-electron chi connectivity index (χ1n) is 10.4. The molecule has 0 atom stereocenters. The second-order valence-electron chi connectivity index (χ2n) is 7.45. The van der Waals surface area contributed by atoms with Crippen molar-refractivity contribution in [1.29, 1.82) is 0 Å². The number of thiazole rings is 1. The maximum Gasteiger partial charge on any atom is 0.257 e. The molecule has 4 aromatic rings. The topological polar surface area (TPSA) is 89.6 Å². The fourth-order valence-corrected chi connectivity index (χ4v) is 4.47. The number of carbonyl (C=O) groups excluding carboxylic acids is 2. The smallest absolute Gasteiger partial charge is 0.257 e. The minimum atomic E-state index is -0.355.